The van der Waals surface area contributed by atoms with Crippen molar-refractivity contribution in [1.29, 1.82) is 0 Å². The zero-order chi connectivity index (χ0) is 11.7. The van der Waals surface area contributed by atoms with Crippen molar-refractivity contribution in [3.63, 3.8) is 0 Å². The van der Waals surface area contributed by atoms with Crippen molar-refractivity contribution in [3.8, 4) is 5.69 Å². The van der Waals surface area contributed by atoms with Gasteiger partial charge in [-0.3, -0.25) is 0 Å². The van der Waals surface area contributed by atoms with E-state index in [1.54, 1.807) is 25.3 Å². The Morgan fingerprint density at radius 3 is 2.81 bits per heavy atom. The van der Waals surface area contributed by atoms with Crippen LogP contribution >= 0.6 is 11.6 Å². The topological polar surface area (TPSA) is 38.0 Å². The molecule has 0 unspecified atom stereocenters. The van der Waals surface area contributed by atoms with E-state index in [9.17, 15) is 4.39 Å². The standard InChI is InChI=1S/C11H10ClFN2O/c1-7-9(12)5-15(14-7)11-4-2-3-10(13)8(11)6-16/h2-5,16H,6H2,1H3. The molecule has 0 atom stereocenters. The Bertz CT molecular complexity index is 505. The fourth-order valence-electron chi connectivity index (χ4n) is 1.48. The Kier molecular flexibility index (Phi) is 2.94. The van der Waals surface area contributed by atoms with Crippen molar-refractivity contribution in [2.75, 3.05) is 0 Å². The lowest BCUT2D eigenvalue weighted by molar-refractivity contribution is 0.275. The first-order valence-electron chi connectivity index (χ1n) is 4.74. The van der Waals surface area contributed by atoms with Gasteiger partial charge in [0.1, 0.15) is 5.82 Å². The summed E-state index contributed by atoms with van der Waals surface area (Å²) in [5.74, 6) is -0.454. The van der Waals surface area contributed by atoms with Gasteiger partial charge < -0.3 is 5.11 Å². The predicted molar refractivity (Wildman–Crippen MR) is 59.2 cm³/mol. The monoisotopic (exact) mass is 240 g/mol. The second kappa shape index (κ2) is 4.23. The van der Waals surface area contributed by atoms with Gasteiger partial charge in [0.25, 0.3) is 0 Å². The van der Waals surface area contributed by atoms with E-state index in [0.717, 1.165) is 0 Å². The number of nitrogens with zero attached hydrogens (tertiary/aromatic N) is 2. The van der Waals surface area contributed by atoms with E-state index in [1.807, 2.05) is 0 Å². The SMILES string of the molecule is Cc1nn(-c2cccc(F)c2CO)cc1Cl. The third kappa shape index (κ3) is 1.81. The third-order valence-electron chi connectivity index (χ3n) is 2.34. The molecule has 1 N–H and O–H groups in total. The van der Waals surface area contributed by atoms with Gasteiger partial charge >= 0.3 is 0 Å². The maximum atomic E-state index is 13.4. The van der Waals surface area contributed by atoms with Gasteiger partial charge in [0.05, 0.1) is 23.0 Å². The molecule has 84 valence electrons. The second-order valence-corrected chi connectivity index (χ2v) is 3.81. The molecule has 0 amide bonds. The number of aryl methyl sites for hydroxylation is 1. The van der Waals surface area contributed by atoms with E-state index in [-0.39, 0.29) is 12.2 Å². The van der Waals surface area contributed by atoms with Gasteiger partial charge in [-0.05, 0) is 19.1 Å². The average Bonchev–Trinajstić information content (AvgIpc) is 2.59. The summed E-state index contributed by atoms with van der Waals surface area (Å²) < 4.78 is 14.9. The van der Waals surface area contributed by atoms with Crippen LogP contribution in [0.2, 0.25) is 5.02 Å². The Balaban J connectivity index is 2.59. The molecule has 0 aliphatic heterocycles. The number of hydrogen-bond donors (Lipinski definition) is 1. The van der Waals surface area contributed by atoms with Crippen molar-refractivity contribution in [3.05, 3.63) is 46.5 Å². The first-order valence-corrected chi connectivity index (χ1v) is 5.11. The first kappa shape index (κ1) is 11.1. The highest BCUT2D eigenvalue weighted by atomic mass is 35.5. The number of aliphatic hydroxyl groups excluding tert-OH is 1. The van der Waals surface area contributed by atoms with E-state index >= 15 is 0 Å². The van der Waals surface area contributed by atoms with Crippen molar-refractivity contribution in [1.82, 2.24) is 9.78 Å². The fraction of sp³-hybridized carbons (Fsp3) is 0.182. The minimum atomic E-state index is -0.454. The van der Waals surface area contributed by atoms with Crippen LogP contribution in [0.15, 0.2) is 24.4 Å². The number of aliphatic hydroxyl groups is 1. The van der Waals surface area contributed by atoms with Crippen molar-refractivity contribution in [2.24, 2.45) is 0 Å². The van der Waals surface area contributed by atoms with Gasteiger partial charge in [0.2, 0.25) is 0 Å². The molecule has 0 fully saturated rings. The van der Waals surface area contributed by atoms with Crippen LogP contribution in [0.1, 0.15) is 11.3 Å². The lowest BCUT2D eigenvalue weighted by atomic mass is 10.2. The highest BCUT2D eigenvalue weighted by Gasteiger charge is 2.11. The zero-order valence-corrected chi connectivity index (χ0v) is 9.37. The summed E-state index contributed by atoms with van der Waals surface area (Å²) in [7, 11) is 0. The Morgan fingerprint density at radius 2 is 2.25 bits per heavy atom. The quantitative estimate of drug-likeness (QED) is 0.876. The normalized spacial score (nSPS) is 10.8. The molecule has 1 heterocycles. The molecule has 0 bridgehead atoms. The second-order valence-electron chi connectivity index (χ2n) is 3.40. The van der Waals surface area contributed by atoms with Gasteiger partial charge in [0.15, 0.2) is 0 Å². The number of benzene rings is 1. The molecule has 16 heavy (non-hydrogen) atoms. The number of aromatic nitrogens is 2. The van der Waals surface area contributed by atoms with Crippen molar-refractivity contribution in [2.45, 2.75) is 13.5 Å². The summed E-state index contributed by atoms with van der Waals surface area (Å²) in [6, 6.07) is 4.54. The van der Waals surface area contributed by atoms with Crippen molar-refractivity contribution < 1.29 is 9.50 Å². The van der Waals surface area contributed by atoms with Gasteiger partial charge in [0, 0.05) is 11.8 Å². The lowest BCUT2D eigenvalue weighted by Gasteiger charge is -2.07. The molecule has 0 radical (unpaired) electrons. The summed E-state index contributed by atoms with van der Waals surface area (Å²) in [6.07, 6.45) is 1.59. The van der Waals surface area contributed by atoms with Gasteiger partial charge in [-0.15, -0.1) is 0 Å². The largest absolute Gasteiger partial charge is 0.391 e. The molecule has 0 aliphatic rings. The zero-order valence-electron chi connectivity index (χ0n) is 8.61. The van der Waals surface area contributed by atoms with Crippen LogP contribution in [0.3, 0.4) is 0 Å². The molecule has 1 aromatic heterocycles. The summed E-state index contributed by atoms with van der Waals surface area (Å²) >= 11 is 5.88. The van der Waals surface area contributed by atoms with E-state index < -0.39 is 5.82 Å². The molecule has 5 heteroatoms. The highest BCUT2D eigenvalue weighted by Crippen LogP contribution is 2.21. The van der Waals surface area contributed by atoms with Crippen LogP contribution in [0, 0.1) is 12.7 Å². The van der Waals surface area contributed by atoms with Gasteiger partial charge in [-0.25, -0.2) is 9.07 Å². The minimum absolute atomic E-state index is 0.210. The molecule has 2 rings (SSSR count). The van der Waals surface area contributed by atoms with E-state index in [1.165, 1.54) is 10.7 Å². The third-order valence-corrected chi connectivity index (χ3v) is 2.71. The molecule has 3 nitrogen and oxygen atoms in total. The van der Waals surface area contributed by atoms with Crippen molar-refractivity contribution >= 4 is 11.6 Å². The molecule has 1 aromatic carbocycles. The number of rotatable bonds is 2. The van der Waals surface area contributed by atoms with Crippen LogP contribution in [0.5, 0.6) is 0 Å². The maximum Gasteiger partial charge on any atom is 0.130 e. The van der Waals surface area contributed by atoms with Gasteiger partial charge in [-0.1, -0.05) is 17.7 Å². The molecule has 0 saturated heterocycles. The summed E-state index contributed by atoms with van der Waals surface area (Å²) in [5.41, 5.74) is 1.37. The van der Waals surface area contributed by atoms with E-state index in [0.29, 0.717) is 16.4 Å². The maximum absolute atomic E-state index is 13.4. The fourth-order valence-corrected chi connectivity index (χ4v) is 1.61. The van der Waals surface area contributed by atoms with E-state index in [2.05, 4.69) is 5.10 Å². The smallest absolute Gasteiger partial charge is 0.130 e. The van der Waals surface area contributed by atoms with Crippen LogP contribution in [0.25, 0.3) is 5.69 Å². The van der Waals surface area contributed by atoms with Crippen LogP contribution in [-0.2, 0) is 6.61 Å². The molecule has 0 aliphatic carbocycles. The van der Waals surface area contributed by atoms with Crippen LogP contribution in [0.4, 0.5) is 4.39 Å². The summed E-state index contributed by atoms with van der Waals surface area (Å²) in [4.78, 5) is 0. The van der Waals surface area contributed by atoms with Crippen LogP contribution < -0.4 is 0 Å². The number of halogens is 2. The molecule has 2 aromatic rings. The Labute approximate surface area is 97.1 Å². The Hall–Kier alpha value is -1.39. The molecule has 0 saturated carbocycles. The first-order chi connectivity index (χ1) is 7.63. The molecular formula is C11H10ClFN2O. The predicted octanol–water partition coefficient (Wildman–Crippen LogP) is 2.47. The summed E-state index contributed by atoms with van der Waals surface area (Å²) in [6.45, 7) is 1.38. The van der Waals surface area contributed by atoms with E-state index in [4.69, 9.17) is 16.7 Å². The Morgan fingerprint density at radius 1 is 1.50 bits per heavy atom. The molecule has 0 spiro atoms. The average molecular weight is 241 g/mol. The van der Waals surface area contributed by atoms with Gasteiger partial charge in [-0.2, -0.15) is 5.10 Å². The molecular weight excluding hydrogens is 231 g/mol. The van der Waals surface area contributed by atoms with Crippen LogP contribution in [-0.4, -0.2) is 14.9 Å². The lowest BCUT2D eigenvalue weighted by Crippen LogP contribution is -2.02. The number of hydrogen-bond acceptors (Lipinski definition) is 2. The summed E-state index contributed by atoms with van der Waals surface area (Å²) in [5, 5.41) is 13.8. The highest BCUT2D eigenvalue weighted by molar-refractivity contribution is 6.31. The minimum Gasteiger partial charge on any atom is -0.391 e.